The highest BCUT2D eigenvalue weighted by Gasteiger charge is 2.32. The first-order valence-corrected chi connectivity index (χ1v) is 11.3. The number of aliphatic hydroxyl groups is 1. The normalized spacial score (nSPS) is 14.5. The summed E-state index contributed by atoms with van der Waals surface area (Å²) < 4.78 is 0. The van der Waals surface area contributed by atoms with Gasteiger partial charge in [0.25, 0.3) is 0 Å². The summed E-state index contributed by atoms with van der Waals surface area (Å²) in [5.74, 6) is -5.20. The molecule has 36 heavy (non-hydrogen) atoms. The van der Waals surface area contributed by atoms with Crippen molar-refractivity contribution in [2.45, 2.75) is 50.9 Å². The maximum Gasteiger partial charge on any atom is 0.326 e. The van der Waals surface area contributed by atoms with E-state index in [1.165, 1.54) is 0 Å². The number of hydrogen-bond donors (Lipinski definition) is 8. The molecule has 0 fully saturated rings. The highest BCUT2D eigenvalue weighted by molar-refractivity contribution is 5.96. The molecule has 0 bridgehead atoms. The number of aliphatic carboxylic acids is 1. The second-order valence-electron chi connectivity index (χ2n) is 8.71. The van der Waals surface area contributed by atoms with Crippen LogP contribution >= 0.6 is 0 Å². The van der Waals surface area contributed by atoms with Gasteiger partial charge in [0.15, 0.2) is 0 Å². The molecule has 2 rings (SSSR count). The molecule has 4 amide bonds. The number of benzene rings is 1. The van der Waals surface area contributed by atoms with Crippen molar-refractivity contribution in [1.29, 1.82) is 0 Å². The molecular weight excluding hydrogens is 472 g/mol. The van der Waals surface area contributed by atoms with Gasteiger partial charge in [0.05, 0.1) is 13.0 Å². The zero-order valence-corrected chi connectivity index (χ0v) is 20.0. The number of primary amides is 1. The van der Waals surface area contributed by atoms with Crippen LogP contribution < -0.4 is 27.4 Å². The van der Waals surface area contributed by atoms with Crippen molar-refractivity contribution in [3.8, 4) is 0 Å². The number of para-hydroxylation sites is 1. The fourth-order valence-electron chi connectivity index (χ4n) is 3.54. The third kappa shape index (κ3) is 7.52. The Morgan fingerprint density at radius 1 is 0.972 bits per heavy atom. The average molecular weight is 505 g/mol. The van der Waals surface area contributed by atoms with Gasteiger partial charge in [0.1, 0.15) is 24.2 Å². The SMILES string of the molecule is CC(C)C(NC(=O)C(CC(N)=O)NC(=O)C(N)CO)C(=O)NC(Cc1c[nH]c2ccccc12)C(=O)O. The van der Waals surface area contributed by atoms with Crippen LogP contribution in [-0.2, 0) is 30.4 Å². The van der Waals surface area contributed by atoms with Gasteiger partial charge in [-0.2, -0.15) is 0 Å². The minimum Gasteiger partial charge on any atom is -0.480 e. The minimum atomic E-state index is -1.46. The maximum atomic E-state index is 13.0. The number of fused-ring (bicyclic) bond motifs is 1. The Hall–Kier alpha value is -3.97. The number of aromatic nitrogens is 1. The van der Waals surface area contributed by atoms with Crippen LogP contribution in [0.25, 0.3) is 10.9 Å². The highest BCUT2D eigenvalue weighted by atomic mass is 16.4. The number of hydrogen-bond acceptors (Lipinski definition) is 7. The van der Waals surface area contributed by atoms with E-state index in [4.69, 9.17) is 16.6 Å². The number of amides is 4. The van der Waals surface area contributed by atoms with Crippen LogP contribution in [0.3, 0.4) is 0 Å². The topological polar surface area (TPSA) is 230 Å². The van der Waals surface area contributed by atoms with E-state index in [-0.39, 0.29) is 6.42 Å². The molecule has 10 N–H and O–H groups in total. The number of nitrogens with one attached hydrogen (secondary N) is 4. The van der Waals surface area contributed by atoms with Crippen molar-refractivity contribution in [2.24, 2.45) is 17.4 Å². The van der Waals surface area contributed by atoms with Gasteiger partial charge in [-0.1, -0.05) is 32.0 Å². The molecule has 0 radical (unpaired) electrons. The van der Waals surface area contributed by atoms with Gasteiger partial charge in [-0.3, -0.25) is 19.2 Å². The molecule has 1 aromatic carbocycles. The Balaban J connectivity index is 2.16. The third-order valence-corrected chi connectivity index (χ3v) is 5.53. The molecule has 196 valence electrons. The van der Waals surface area contributed by atoms with E-state index < -0.39 is 72.7 Å². The molecule has 0 saturated heterocycles. The van der Waals surface area contributed by atoms with Crippen molar-refractivity contribution in [3.63, 3.8) is 0 Å². The first-order valence-electron chi connectivity index (χ1n) is 11.3. The Labute approximate surface area is 207 Å². The molecular formula is C23H32N6O7. The van der Waals surface area contributed by atoms with Gasteiger partial charge in [-0.05, 0) is 17.5 Å². The summed E-state index contributed by atoms with van der Waals surface area (Å²) in [6.07, 6.45) is 1.08. The van der Waals surface area contributed by atoms with E-state index in [0.29, 0.717) is 5.56 Å². The Kier molecular flexibility index (Phi) is 9.93. The lowest BCUT2D eigenvalue weighted by molar-refractivity contribution is -0.142. The van der Waals surface area contributed by atoms with E-state index in [0.717, 1.165) is 10.9 Å². The molecule has 4 atom stereocenters. The smallest absolute Gasteiger partial charge is 0.326 e. The molecule has 1 aromatic heterocycles. The molecule has 13 nitrogen and oxygen atoms in total. The van der Waals surface area contributed by atoms with Gasteiger partial charge in [-0.15, -0.1) is 0 Å². The second-order valence-corrected chi connectivity index (χ2v) is 8.71. The molecule has 13 heteroatoms. The van der Waals surface area contributed by atoms with Crippen LogP contribution in [0.4, 0.5) is 0 Å². The molecule has 0 aliphatic rings. The van der Waals surface area contributed by atoms with Crippen LogP contribution in [0.15, 0.2) is 30.5 Å². The van der Waals surface area contributed by atoms with Crippen LogP contribution in [0, 0.1) is 5.92 Å². The quantitative estimate of drug-likeness (QED) is 0.153. The van der Waals surface area contributed by atoms with E-state index in [2.05, 4.69) is 20.9 Å². The average Bonchev–Trinajstić information content (AvgIpc) is 3.22. The van der Waals surface area contributed by atoms with Crippen molar-refractivity contribution < 1.29 is 34.2 Å². The third-order valence-electron chi connectivity index (χ3n) is 5.53. The van der Waals surface area contributed by atoms with Gasteiger partial charge >= 0.3 is 5.97 Å². The minimum absolute atomic E-state index is 0.0107. The zero-order valence-electron chi connectivity index (χ0n) is 20.0. The number of carboxylic acids is 1. The largest absolute Gasteiger partial charge is 0.480 e. The summed E-state index contributed by atoms with van der Waals surface area (Å²) in [5, 5.41) is 26.7. The molecule has 0 aliphatic heterocycles. The molecule has 1 heterocycles. The Morgan fingerprint density at radius 2 is 1.61 bits per heavy atom. The Bertz CT molecular complexity index is 1120. The molecule has 0 aliphatic carbocycles. The van der Waals surface area contributed by atoms with Crippen molar-refractivity contribution >= 4 is 40.5 Å². The summed E-state index contributed by atoms with van der Waals surface area (Å²) in [4.78, 5) is 64.2. The second kappa shape index (κ2) is 12.7. The number of carbonyl (C=O) groups excluding carboxylic acids is 4. The highest BCUT2D eigenvalue weighted by Crippen LogP contribution is 2.19. The summed E-state index contributed by atoms with van der Waals surface area (Å²) >= 11 is 0. The monoisotopic (exact) mass is 504 g/mol. The molecule has 0 saturated carbocycles. The first-order chi connectivity index (χ1) is 16.9. The lowest BCUT2D eigenvalue weighted by atomic mass is 10.0. The van der Waals surface area contributed by atoms with E-state index in [9.17, 15) is 29.1 Å². The van der Waals surface area contributed by atoms with Crippen LogP contribution in [-0.4, -0.2) is 75.6 Å². The zero-order chi connectivity index (χ0) is 27.0. The van der Waals surface area contributed by atoms with Gasteiger partial charge in [0.2, 0.25) is 23.6 Å². The van der Waals surface area contributed by atoms with Crippen LogP contribution in [0.5, 0.6) is 0 Å². The number of carbonyl (C=O) groups is 5. The predicted octanol–water partition coefficient (Wildman–Crippen LogP) is -1.90. The van der Waals surface area contributed by atoms with Gasteiger partial charge in [0, 0.05) is 23.5 Å². The summed E-state index contributed by atoms with van der Waals surface area (Å²) in [6, 6.07) is 2.04. The van der Waals surface area contributed by atoms with Crippen molar-refractivity contribution in [2.75, 3.05) is 6.61 Å². The number of nitrogens with two attached hydrogens (primary N) is 2. The number of rotatable bonds is 13. The maximum absolute atomic E-state index is 13.0. The number of aliphatic hydroxyl groups excluding tert-OH is 1. The first kappa shape index (κ1) is 28.3. The predicted molar refractivity (Wildman–Crippen MR) is 129 cm³/mol. The van der Waals surface area contributed by atoms with Crippen molar-refractivity contribution in [3.05, 3.63) is 36.0 Å². The van der Waals surface area contributed by atoms with Gasteiger partial charge in [-0.25, -0.2) is 4.79 Å². The molecule has 2 aromatic rings. The summed E-state index contributed by atoms with van der Waals surface area (Å²) in [6.45, 7) is 2.56. The number of carboxylic acid groups (broad SMARTS) is 1. The lowest BCUT2D eigenvalue weighted by Crippen LogP contribution is -2.59. The number of H-pyrrole nitrogens is 1. The fraction of sp³-hybridized carbons (Fsp3) is 0.435. The van der Waals surface area contributed by atoms with E-state index in [1.807, 2.05) is 24.3 Å². The lowest BCUT2D eigenvalue weighted by Gasteiger charge is -2.26. The molecule has 0 spiro atoms. The van der Waals surface area contributed by atoms with E-state index >= 15 is 0 Å². The fourth-order valence-corrected chi connectivity index (χ4v) is 3.54. The van der Waals surface area contributed by atoms with Crippen LogP contribution in [0.2, 0.25) is 0 Å². The van der Waals surface area contributed by atoms with Crippen molar-refractivity contribution in [1.82, 2.24) is 20.9 Å². The van der Waals surface area contributed by atoms with Crippen LogP contribution in [0.1, 0.15) is 25.8 Å². The van der Waals surface area contributed by atoms with Gasteiger partial charge < -0.3 is 42.6 Å². The Morgan fingerprint density at radius 3 is 2.19 bits per heavy atom. The molecule has 4 unspecified atom stereocenters. The number of aromatic amines is 1. The summed E-state index contributed by atoms with van der Waals surface area (Å²) in [7, 11) is 0. The van der Waals surface area contributed by atoms with E-state index in [1.54, 1.807) is 20.0 Å². The standard InChI is InChI=1S/C23H32N6O7/c1-11(2)19(29-21(33)16(8-18(25)31)27-20(32)14(24)10-30)22(34)28-17(23(35)36)7-12-9-26-15-6-4-3-5-13(12)15/h3-6,9,11,14,16-17,19,26,30H,7-8,10,24H2,1-2H3,(H2,25,31)(H,27,32)(H,28,34)(H,29,33)(H,35,36). The summed E-state index contributed by atoms with van der Waals surface area (Å²) in [5.41, 5.74) is 12.1.